The molecule has 1 aromatic heterocycles. The number of benzene rings is 2. The standard InChI is InChI=1S/C23H25ClF2N2O2Si/c1-23(2,3)31(5,6)28-18-12-15(25)11-17(16(18)8-10-20(28)29)27-13-14-7-9-19(30-4)22(26)21(14)24/h7-13H,1-6H3/b27-13+. The van der Waals surface area contributed by atoms with Crippen LogP contribution in [-0.4, -0.2) is 25.8 Å². The molecule has 0 radical (unpaired) electrons. The third-order valence-corrected chi connectivity index (χ3v) is 11.6. The molecule has 8 heteroatoms. The summed E-state index contributed by atoms with van der Waals surface area (Å²) in [4.78, 5) is 17.2. The predicted molar refractivity (Wildman–Crippen MR) is 126 cm³/mol. The first-order chi connectivity index (χ1) is 14.4. The van der Waals surface area contributed by atoms with Crippen molar-refractivity contribution in [1.82, 2.24) is 4.23 Å². The van der Waals surface area contributed by atoms with E-state index in [1.807, 2.05) is 0 Å². The van der Waals surface area contributed by atoms with Gasteiger partial charge in [-0.2, -0.15) is 0 Å². The van der Waals surface area contributed by atoms with Gasteiger partial charge in [-0.1, -0.05) is 45.5 Å². The third-order valence-electron chi connectivity index (χ3n) is 5.99. The second kappa shape index (κ2) is 8.20. The van der Waals surface area contributed by atoms with E-state index in [0.29, 0.717) is 22.2 Å². The van der Waals surface area contributed by atoms with Crippen molar-refractivity contribution in [3.8, 4) is 5.75 Å². The lowest BCUT2D eigenvalue weighted by Gasteiger charge is -2.39. The molecule has 2 aromatic carbocycles. The molecule has 0 spiro atoms. The molecule has 0 aliphatic carbocycles. The molecule has 0 amide bonds. The summed E-state index contributed by atoms with van der Waals surface area (Å²) in [5, 5.41) is 0.351. The SMILES string of the molecule is COc1ccc(/C=N/c2cc(F)cc3c2ccc(=O)n3[Si](C)(C)C(C)(C)C)c(Cl)c1F. The number of pyridine rings is 1. The maximum absolute atomic E-state index is 14.6. The number of methoxy groups -OCH3 is 1. The summed E-state index contributed by atoms with van der Waals surface area (Å²) in [6.07, 6.45) is 1.38. The molecule has 0 unspecified atom stereocenters. The summed E-state index contributed by atoms with van der Waals surface area (Å²) >= 11 is 6.09. The van der Waals surface area contributed by atoms with Crippen LogP contribution >= 0.6 is 11.6 Å². The van der Waals surface area contributed by atoms with Crippen molar-refractivity contribution in [3.63, 3.8) is 0 Å². The van der Waals surface area contributed by atoms with Crippen molar-refractivity contribution in [2.24, 2.45) is 4.99 Å². The Hall–Kier alpha value is -2.51. The van der Waals surface area contributed by atoms with Gasteiger partial charge in [0.25, 0.3) is 0 Å². The minimum atomic E-state index is -2.35. The van der Waals surface area contributed by atoms with Gasteiger partial charge in [0.05, 0.1) is 17.8 Å². The lowest BCUT2D eigenvalue weighted by atomic mass is 10.1. The largest absolute Gasteiger partial charge is 0.494 e. The molecule has 0 aliphatic rings. The van der Waals surface area contributed by atoms with Gasteiger partial charge in [-0.25, -0.2) is 8.78 Å². The van der Waals surface area contributed by atoms with Crippen molar-refractivity contribution in [1.29, 1.82) is 0 Å². The smallest absolute Gasteiger partial charge is 0.243 e. The number of nitrogens with zero attached hydrogens (tertiary/aromatic N) is 2. The quantitative estimate of drug-likeness (QED) is 0.326. The van der Waals surface area contributed by atoms with Crippen molar-refractivity contribution >= 4 is 42.6 Å². The Bertz CT molecular complexity index is 1250. The Kier molecular flexibility index (Phi) is 6.13. The van der Waals surface area contributed by atoms with E-state index >= 15 is 0 Å². The van der Waals surface area contributed by atoms with Crippen LogP contribution in [0.5, 0.6) is 5.75 Å². The number of halogens is 3. The second-order valence-electron chi connectivity index (χ2n) is 8.92. The van der Waals surface area contributed by atoms with Crippen LogP contribution in [0.1, 0.15) is 26.3 Å². The number of fused-ring (bicyclic) bond motifs is 1. The lowest BCUT2D eigenvalue weighted by Crippen LogP contribution is -2.50. The normalized spacial score (nSPS) is 12.7. The maximum atomic E-state index is 14.6. The molecule has 3 aromatic rings. The molecular weight excluding hydrogens is 438 g/mol. The fraction of sp³-hybridized carbons (Fsp3) is 0.304. The zero-order valence-electron chi connectivity index (χ0n) is 18.4. The van der Waals surface area contributed by atoms with Gasteiger partial charge in [-0.3, -0.25) is 9.79 Å². The second-order valence-corrected chi connectivity index (χ2v) is 14.4. The summed E-state index contributed by atoms with van der Waals surface area (Å²) in [5.74, 6) is -1.18. The molecule has 0 bridgehead atoms. The van der Waals surface area contributed by atoms with Crippen molar-refractivity contribution in [2.45, 2.75) is 38.9 Å². The summed E-state index contributed by atoms with van der Waals surface area (Å²) in [6, 6.07) is 8.80. The van der Waals surface area contributed by atoms with Crippen molar-refractivity contribution < 1.29 is 13.5 Å². The van der Waals surface area contributed by atoms with Crippen molar-refractivity contribution in [2.75, 3.05) is 7.11 Å². The number of hydrogen-bond acceptors (Lipinski definition) is 3. The lowest BCUT2D eigenvalue weighted by molar-refractivity contribution is 0.386. The molecule has 0 saturated carbocycles. The molecule has 4 nitrogen and oxygen atoms in total. The van der Waals surface area contributed by atoms with E-state index in [4.69, 9.17) is 16.3 Å². The van der Waals surface area contributed by atoms with Crippen LogP contribution < -0.4 is 10.3 Å². The van der Waals surface area contributed by atoms with E-state index in [0.717, 1.165) is 0 Å². The fourth-order valence-corrected chi connectivity index (χ4v) is 5.54. The van der Waals surface area contributed by atoms with E-state index in [1.165, 1.54) is 37.6 Å². The first-order valence-electron chi connectivity index (χ1n) is 9.80. The monoisotopic (exact) mass is 462 g/mol. The molecule has 0 N–H and O–H groups in total. The molecular formula is C23H25ClF2N2O2Si. The first-order valence-corrected chi connectivity index (χ1v) is 13.1. The van der Waals surface area contributed by atoms with Gasteiger partial charge in [0.2, 0.25) is 5.56 Å². The van der Waals surface area contributed by atoms with E-state index in [-0.39, 0.29) is 21.4 Å². The summed E-state index contributed by atoms with van der Waals surface area (Å²) in [6.45, 7) is 10.4. The number of aliphatic imine (C=N–C) groups is 1. The number of aromatic nitrogens is 1. The molecule has 164 valence electrons. The highest BCUT2D eigenvalue weighted by Gasteiger charge is 2.39. The van der Waals surface area contributed by atoms with Crippen LogP contribution in [0.25, 0.3) is 10.9 Å². The average molecular weight is 463 g/mol. The topological polar surface area (TPSA) is 43.6 Å². The Labute approximate surface area is 186 Å². The van der Waals surface area contributed by atoms with Crippen LogP contribution in [0.15, 0.2) is 46.2 Å². The molecule has 0 fully saturated rings. The molecule has 1 heterocycles. The Morgan fingerprint density at radius 3 is 2.42 bits per heavy atom. The van der Waals surface area contributed by atoms with Crippen molar-refractivity contribution in [3.05, 3.63) is 69.0 Å². The van der Waals surface area contributed by atoms with Gasteiger partial charge in [0.15, 0.2) is 19.8 Å². The van der Waals surface area contributed by atoms with Crippen LogP contribution in [0.2, 0.25) is 23.2 Å². The minimum Gasteiger partial charge on any atom is -0.494 e. The Balaban J connectivity index is 2.23. The van der Waals surface area contributed by atoms with Gasteiger partial charge in [0.1, 0.15) is 5.82 Å². The molecule has 3 rings (SSSR count). The van der Waals surface area contributed by atoms with Gasteiger partial charge in [-0.15, -0.1) is 0 Å². The molecule has 0 atom stereocenters. The first kappa shape index (κ1) is 23.2. The highest BCUT2D eigenvalue weighted by atomic mass is 35.5. The van der Waals surface area contributed by atoms with Crippen LogP contribution in [0, 0.1) is 11.6 Å². The van der Waals surface area contributed by atoms with Crippen LogP contribution in [0.3, 0.4) is 0 Å². The molecule has 0 aliphatic heterocycles. The average Bonchev–Trinajstić information content (AvgIpc) is 2.67. The molecule has 0 saturated heterocycles. The maximum Gasteiger partial charge on any atom is 0.243 e. The van der Waals surface area contributed by atoms with Crippen LogP contribution in [0.4, 0.5) is 14.5 Å². The van der Waals surface area contributed by atoms with Gasteiger partial charge in [-0.05, 0) is 29.3 Å². The minimum absolute atomic E-state index is 0.0248. The highest BCUT2D eigenvalue weighted by molar-refractivity contribution is 6.79. The van der Waals surface area contributed by atoms with E-state index in [1.54, 1.807) is 16.4 Å². The summed E-state index contributed by atoms with van der Waals surface area (Å²) < 4.78 is 35.5. The highest BCUT2D eigenvalue weighted by Crippen LogP contribution is 2.38. The van der Waals surface area contributed by atoms with Crippen LogP contribution in [-0.2, 0) is 0 Å². The van der Waals surface area contributed by atoms with E-state index < -0.39 is 19.9 Å². The number of hydrogen-bond donors (Lipinski definition) is 0. The number of ether oxygens (including phenoxy) is 1. The van der Waals surface area contributed by atoms with Gasteiger partial charge < -0.3 is 8.97 Å². The van der Waals surface area contributed by atoms with E-state index in [9.17, 15) is 13.6 Å². The number of rotatable bonds is 4. The van der Waals surface area contributed by atoms with Gasteiger partial charge in [0, 0.05) is 34.8 Å². The summed E-state index contributed by atoms with van der Waals surface area (Å²) in [5.41, 5.74) is 0.989. The Morgan fingerprint density at radius 1 is 1.13 bits per heavy atom. The zero-order valence-corrected chi connectivity index (χ0v) is 20.1. The van der Waals surface area contributed by atoms with E-state index in [2.05, 4.69) is 38.9 Å². The summed E-state index contributed by atoms with van der Waals surface area (Å²) in [7, 11) is -0.998. The Morgan fingerprint density at radius 2 is 1.81 bits per heavy atom. The fourth-order valence-electron chi connectivity index (χ4n) is 3.26. The zero-order chi connectivity index (χ0) is 23.1. The third kappa shape index (κ3) is 4.16. The molecule has 31 heavy (non-hydrogen) atoms. The van der Waals surface area contributed by atoms with Gasteiger partial charge >= 0.3 is 0 Å². The predicted octanol–water partition coefficient (Wildman–Crippen LogP) is 6.55.